The highest BCUT2D eigenvalue weighted by atomic mass is 16.5. The predicted molar refractivity (Wildman–Crippen MR) is 165 cm³/mol. The van der Waals surface area contributed by atoms with E-state index in [1.165, 1.54) is 12.8 Å². The van der Waals surface area contributed by atoms with Crippen LogP contribution in [0.15, 0.2) is 46.4 Å². The molecule has 1 unspecified atom stereocenters. The SMILES string of the molecule is C\C=C1/C(=N\C(Nc2ccc(C(=O)NC3CCNCC3)cc2OC)=C(/C)CC)N(C2CCCC2)C(CC)C(=O)N1C. The van der Waals surface area contributed by atoms with Crippen molar-refractivity contribution >= 4 is 23.3 Å². The van der Waals surface area contributed by atoms with Crippen LogP contribution in [-0.4, -0.2) is 72.8 Å². The zero-order chi connectivity index (χ0) is 29.5. The van der Waals surface area contributed by atoms with E-state index in [0.29, 0.717) is 17.4 Å². The number of rotatable bonds is 9. The quantitative estimate of drug-likeness (QED) is 0.389. The van der Waals surface area contributed by atoms with Crippen molar-refractivity contribution in [2.75, 3.05) is 32.6 Å². The lowest BCUT2D eigenvalue weighted by atomic mass is 10.0. The van der Waals surface area contributed by atoms with Crippen molar-refractivity contribution in [2.24, 2.45) is 4.99 Å². The molecule has 1 aliphatic carbocycles. The molecule has 1 atom stereocenters. The standard InChI is InChI=1S/C32H48N6O3/c1-7-21(4)29(35-25-15-14-22(20-28(25)41-6)31(39)34-23-16-18-33-19-17-23)36-30-26(8-2)37(5)32(40)27(9-3)38(30)24-12-10-11-13-24/h8,14-15,20,23-24,27,33,35H,7,9-13,16-19H2,1-6H3,(H,34,39)/b26-8+,29-21+,36-30+. The van der Waals surface area contributed by atoms with Gasteiger partial charge in [0.2, 0.25) is 5.91 Å². The van der Waals surface area contributed by atoms with Crippen LogP contribution in [0.5, 0.6) is 5.75 Å². The summed E-state index contributed by atoms with van der Waals surface area (Å²) in [5.74, 6) is 2.17. The molecule has 2 aliphatic heterocycles. The number of benzene rings is 1. The summed E-state index contributed by atoms with van der Waals surface area (Å²) in [7, 11) is 3.46. The number of hydrogen-bond donors (Lipinski definition) is 3. The van der Waals surface area contributed by atoms with E-state index in [9.17, 15) is 9.59 Å². The Labute approximate surface area is 245 Å². The zero-order valence-corrected chi connectivity index (χ0v) is 25.7. The number of amidine groups is 1. The molecule has 3 N–H and O–H groups in total. The highest BCUT2D eigenvalue weighted by Crippen LogP contribution is 2.34. The number of piperidine rings is 1. The molecule has 1 saturated carbocycles. The molecule has 4 rings (SSSR count). The molecule has 3 fully saturated rings. The minimum atomic E-state index is -0.235. The van der Waals surface area contributed by atoms with Crippen LogP contribution in [-0.2, 0) is 4.79 Å². The van der Waals surface area contributed by atoms with Gasteiger partial charge in [-0.15, -0.1) is 0 Å². The Hall–Kier alpha value is -3.33. The van der Waals surface area contributed by atoms with Crippen molar-refractivity contribution < 1.29 is 14.3 Å². The number of aliphatic imine (C=N–C) groups is 1. The number of carbonyl (C=O) groups excluding carboxylic acids is 2. The van der Waals surface area contributed by atoms with Crippen molar-refractivity contribution in [2.45, 2.75) is 97.2 Å². The Morgan fingerprint density at radius 3 is 2.49 bits per heavy atom. The second-order valence-corrected chi connectivity index (χ2v) is 11.3. The molecule has 0 bridgehead atoms. The highest BCUT2D eigenvalue weighted by molar-refractivity contribution is 6.08. The maximum atomic E-state index is 13.4. The van der Waals surface area contributed by atoms with E-state index in [0.717, 1.165) is 80.2 Å². The lowest BCUT2D eigenvalue weighted by Gasteiger charge is -2.45. The van der Waals surface area contributed by atoms with Crippen LogP contribution < -0.4 is 20.7 Å². The molecular weight excluding hydrogens is 516 g/mol. The molecule has 224 valence electrons. The van der Waals surface area contributed by atoms with E-state index in [-0.39, 0.29) is 23.9 Å². The first-order valence-corrected chi connectivity index (χ1v) is 15.3. The highest BCUT2D eigenvalue weighted by Gasteiger charge is 2.42. The third-order valence-corrected chi connectivity index (χ3v) is 8.71. The molecule has 2 heterocycles. The average molecular weight is 565 g/mol. The monoisotopic (exact) mass is 564 g/mol. The summed E-state index contributed by atoms with van der Waals surface area (Å²) < 4.78 is 5.74. The number of allylic oxidation sites excluding steroid dienone is 2. The van der Waals surface area contributed by atoms with Crippen LogP contribution in [0.4, 0.5) is 5.69 Å². The fraction of sp³-hybridized carbons (Fsp3) is 0.594. The summed E-state index contributed by atoms with van der Waals surface area (Å²) in [5, 5.41) is 10.0. The van der Waals surface area contributed by atoms with Crippen LogP contribution in [0.3, 0.4) is 0 Å². The Balaban J connectivity index is 1.68. The number of nitrogens with zero attached hydrogens (tertiary/aromatic N) is 3. The smallest absolute Gasteiger partial charge is 0.251 e. The van der Waals surface area contributed by atoms with Crippen molar-refractivity contribution in [3.8, 4) is 5.75 Å². The van der Waals surface area contributed by atoms with Crippen LogP contribution in [0, 0.1) is 0 Å². The van der Waals surface area contributed by atoms with E-state index in [2.05, 4.69) is 41.6 Å². The van der Waals surface area contributed by atoms with Gasteiger partial charge in [-0.3, -0.25) is 9.59 Å². The normalized spacial score (nSPS) is 23.3. The first-order chi connectivity index (χ1) is 19.8. The fourth-order valence-electron chi connectivity index (χ4n) is 6.11. The number of amides is 2. The summed E-state index contributed by atoms with van der Waals surface area (Å²) in [5.41, 5.74) is 3.21. The maximum absolute atomic E-state index is 13.4. The Morgan fingerprint density at radius 1 is 1.17 bits per heavy atom. The number of hydrogen-bond acceptors (Lipinski definition) is 6. The number of ether oxygens (including phenoxy) is 1. The minimum Gasteiger partial charge on any atom is -0.495 e. The van der Waals surface area contributed by atoms with Gasteiger partial charge in [-0.2, -0.15) is 0 Å². The van der Waals surface area contributed by atoms with Gasteiger partial charge in [0.05, 0.1) is 18.5 Å². The van der Waals surface area contributed by atoms with E-state index >= 15 is 0 Å². The van der Waals surface area contributed by atoms with E-state index in [4.69, 9.17) is 9.73 Å². The Kier molecular flexibility index (Phi) is 10.5. The van der Waals surface area contributed by atoms with Crippen molar-refractivity contribution in [1.29, 1.82) is 0 Å². The second-order valence-electron chi connectivity index (χ2n) is 11.3. The molecule has 9 nitrogen and oxygen atoms in total. The molecule has 3 aliphatic rings. The first kappa shape index (κ1) is 30.6. The molecule has 41 heavy (non-hydrogen) atoms. The van der Waals surface area contributed by atoms with Gasteiger partial charge in [-0.1, -0.05) is 32.8 Å². The minimum absolute atomic E-state index is 0.0899. The molecule has 1 aromatic rings. The summed E-state index contributed by atoms with van der Waals surface area (Å²) in [6.07, 6.45) is 9.85. The van der Waals surface area contributed by atoms with Gasteiger partial charge >= 0.3 is 0 Å². The molecule has 2 amide bonds. The number of anilines is 1. The predicted octanol–water partition coefficient (Wildman–Crippen LogP) is 5.03. The summed E-state index contributed by atoms with van der Waals surface area (Å²) in [6, 6.07) is 5.74. The number of likely N-dealkylation sites (N-methyl/N-ethyl adjacent to an activating group) is 1. The molecule has 0 radical (unpaired) electrons. The van der Waals surface area contributed by atoms with Gasteiger partial charge < -0.3 is 30.5 Å². The van der Waals surface area contributed by atoms with Crippen molar-refractivity contribution in [1.82, 2.24) is 20.4 Å². The summed E-state index contributed by atoms with van der Waals surface area (Å²) in [4.78, 5) is 35.7. The number of methoxy groups -OCH3 is 1. The molecule has 2 saturated heterocycles. The van der Waals surface area contributed by atoms with Gasteiger partial charge in [0.15, 0.2) is 5.84 Å². The topological polar surface area (TPSA) is 98.3 Å². The summed E-state index contributed by atoms with van der Waals surface area (Å²) in [6.45, 7) is 10.1. The third-order valence-electron chi connectivity index (χ3n) is 8.71. The molecule has 9 heteroatoms. The average Bonchev–Trinajstić information content (AvgIpc) is 3.53. The van der Waals surface area contributed by atoms with Gasteiger partial charge in [0.1, 0.15) is 17.6 Å². The molecule has 1 aromatic carbocycles. The largest absolute Gasteiger partial charge is 0.495 e. The van der Waals surface area contributed by atoms with Gasteiger partial charge in [-0.25, -0.2) is 4.99 Å². The Bertz CT molecular complexity index is 1190. The molecular formula is C32H48N6O3. The van der Waals surface area contributed by atoms with Crippen LogP contribution >= 0.6 is 0 Å². The summed E-state index contributed by atoms with van der Waals surface area (Å²) >= 11 is 0. The van der Waals surface area contributed by atoms with Gasteiger partial charge in [-0.05, 0) is 89.2 Å². The van der Waals surface area contributed by atoms with Crippen LogP contribution in [0.1, 0.15) is 89.4 Å². The first-order valence-electron chi connectivity index (χ1n) is 15.3. The van der Waals surface area contributed by atoms with Gasteiger partial charge in [0.25, 0.3) is 5.91 Å². The van der Waals surface area contributed by atoms with Crippen LogP contribution in [0.25, 0.3) is 0 Å². The third kappa shape index (κ3) is 6.77. The fourth-order valence-corrected chi connectivity index (χ4v) is 6.11. The second kappa shape index (κ2) is 14.0. The number of nitrogens with one attached hydrogen (secondary N) is 3. The van der Waals surface area contributed by atoms with Crippen LogP contribution in [0.2, 0.25) is 0 Å². The number of piperazine rings is 1. The van der Waals surface area contributed by atoms with E-state index in [1.54, 1.807) is 18.1 Å². The number of carbonyl (C=O) groups is 2. The van der Waals surface area contributed by atoms with Crippen molar-refractivity contribution in [3.05, 3.63) is 46.9 Å². The molecule has 0 spiro atoms. The lowest BCUT2D eigenvalue weighted by Crippen LogP contribution is -2.60. The Morgan fingerprint density at radius 2 is 1.88 bits per heavy atom. The van der Waals surface area contributed by atoms with E-state index in [1.807, 2.05) is 32.2 Å². The zero-order valence-electron chi connectivity index (χ0n) is 25.7. The lowest BCUT2D eigenvalue weighted by molar-refractivity contribution is -0.134. The van der Waals surface area contributed by atoms with Crippen molar-refractivity contribution in [3.63, 3.8) is 0 Å². The van der Waals surface area contributed by atoms with E-state index < -0.39 is 0 Å². The van der Waals surface area contributed by atoms with Gasteiger partial charge in [0, 0.05) is 24.7 Å². The maximum Gasteiger partial charge on any atom is 0.251 e. The molecule has 0 aromatic heterocycles.